The second kappa shape index (κ2) is 4.53. The zero-order valence-electron chi connectivity index (χ0n) is 12.2. The molecule has 0 bridgehead atoms. The fraction of sp³-hybridized carbons (Fsp3) is 0.294. The van der Waals surface area contributed by atoms with Crippen molar-refractivity contribution in [1.82, 2.24) is 4.98 Å². The molecule has 0 fully saturated rings. The van der Waals surface area contributed by atoms with Crippen molar-refractivity contribution in [3.05, 3.63) is 53.6 Å². The summed E-state index contributed by atoms with van der Waals surface area (Å²) in [7, 11) is 0. The lowest BCUT2D eigenvalue weighted by Crippen LogP contribution is -2.36. The van der Waals surface area contributed by atoms with Gasteiger partial charge in [-0.25, -0.2) is 9.38 Å². The number of hydrogen-bond acceptors (Lipinski definition) is 4. The molecule has 112 valence electrons. The van der Waals surface area contributed by atoms with Crippen LogP contribution in [-0.4, -0.2) is 22.6 Å². The van der Waals surface area contributed by atoms with Gasteiger partial charge in [0.2, 0.25) is 0 Å². The first-order chi connectivity index (χ1) is 10.6. The van der Waals surface area contributed by atoms with Crippen molar-refractivity contribution < 1.29 is 9.13 Å². The number of amidine groups is 1. The summed E-state index contributed by atoms with van der Waals surface area (Å²) in [4.78, 5) is 8.36. The molecule has 0 saturated heterocycles. The Labute approximate surface area is 127 Å². The molecule has 4 nitrogen and oxygen atoms in total. The summed E-state index contributed by atoms with van der Waals surface area (Å²) >= 11 is 0. The van der Waals surface area contributed by atoms with Crippen LogP contribution < -0.4 is 5.73 Å². The van der Waals surface area contributed by atoms with E-state index in [1.54, 1.807) is 12.3 Å². The Hall–Kier alpha value is -2.43. The number of pyridine rings is 1. The molecule has 2 atom stereocenters. The maximum atomic E-state index is 14.1. The summed E-state index contributed by atoms with van der Waals surface area (Å²) in [5, 5.41) is 0. The molecule has 2 aliphatic rings. The molecule has 1 aromatic heterocycles. The molecule has 0 unspecified atom stereocenters. The van der Waals surface area contributed by atoms with E-state index in [0.717, 1.165) is 17.5 Å². The highest BCUT2D eigenvalue weighted by Gasteiger charge is 2.48. The van der Waals surface area contributed by atoms with Crippen LogP contribution in [0.1, 0.15) is 18.1 Å². The van der Waals surface area contributed by atoms with Crippen LogP contribution in [-0.2, 0) is 17.6 Å². The lowest BCUT2D eigenvalue weighted by molar-refractivity contribution is 0.157. The maximum Gasteiger partial charge on any atom is 0.282 e. The van der Waals surface area contributed by atoms with Crippen molar-refractivity contribution in [1.29, 1.82) is 0 Å². The molecule has 0 amide bonds. The zero-order chi connectivity index (χ0) is 15.3. The van der Waals surface area contributed by atoms with Crippen molar-refractivity contribution in [2.45, 2.75) is 31.4 Å². The second-order valence-corrected chi connectivity index (χ2v) is 5.97. The predicted octanol–water partition coefficient (Wildman–Crippen LogP) is 2.46. The van der Waals surface area contributed by atoms with Crippen LogP contribution >= 0.6 is 0 Å². The summed E-state index contributed by atoms with van der Waals surface area (Å²) in [6, 6.07) is 7.94. The number of aromatic nitrogens is 1. The molecule has 1 aliphatic carbocycles. The van der Waals surface area contributed by atoms with Crippen LogP contribution in [0.4, 0.5) is 4.39 Å². The van der Waals surface area contributed by atoms with Gasteiger partial charge in [-0.2, -0.15) is 0 Å². The van der Waals surface area contributed by atoms with Crippen molar-refractivity contribution >= 4 is 6.02 Å². The topological polar surface area (TPSA) is 60.5 Å². The van der Waals surface area contributed by atoms with E-state index in [0.29, 0.717) is 12.0 Å². The fourth-order valence-corrected chi connectivity index (χ4v) is 3.55. The van der Waals surface area contributed by atoms with Gasteiger partial charge in [-0.3, -0.25) is 4.98 Å². The highest BCUT2D eigenvalue weighted by molar-refractivity contribution is 5.76. The molecular formula is C17H16FN3O. The standard InChI is InChI=1S/C17H16FN3O/c1-10-17(21-16(19)22-10)7-11-3-2-4-12(14(11)8-17)13-5-6-20-9-15(13)18/h2-6,9-10H,7-8H2,1H3,(H2,19,21)/t10-,17-/m1/s1. The molecule has 5 heteroatoms. The van der Waals surface area contributed by atoms with Gasteiger partial charge in [-0.1, -0.05) is 18.2 Å². The Morgan fingerprint density at radius 1 is 1.27 bits per heavy atom. The Bertz CT molecular complexity index is 789. The quantitative estimate of drug-likeness (QED) is 0.879. The molecule has 1 aromatic carbocycles. The molecule has 2 N–H and O–H groups in total. The normalized spacial score (nSPS) is 25.9. The zero-order valence-corrected chi connectivity index (χ0v) is 12.2. The van der Waals surface area contributed by atoms with E-state index in [9.17, 15) is 4.39 Å². The lowest BCUT2D eigenvalue weighted by Gasteiger charge is -2.23. The van der Waals surface area contributed by atoms with E-state index >= 15 is 0 Å². The monoisotopic (exact) mass is 297 g/mol. The second-order valence-electron chi connectivity index (χ2n) is 5.97. The van der Waals surface area contributed by atoms with Crippen LogP contribution in [0.5, 0.6) is 0 Å². The molecule has 0 radical (unpaired) electrons. The van der Waals surface area contributed by atoms with Crippen LogP contribution in [0.2, 0.25) is 0 Å². The number of hydrogen-bond donors (Lipinski definition) is 1. The highest BCUT2D eigenvalue weighted by Crippen LogP contribution is 2.43. The Morgan fingerprint density at radius 3 is 2.86 bits per heavy atom. The number of fused-ring (bicyclic) bond motifs is 1. The predicted molar refractivity (Wildman–Crippen MR) is 81.9 cm³/mol. The first-order valence-electron chi connectivity index (χ1n) is 7.32. The van der Waals surface area contributed by atoms with Gasteiger partial charge in [0.1, 0.15) is 17.5 Å². The van der Waals surface area contributed by atoms with E-state index in [-0.39, 0.29) is 23.5 Å². The van der Waals surface area contributed by atoms with E-state index in [2.05, 4.69) is 16.0 Å². The Kier molecular flexibility index (Phi) is 2.73. The van der Waals surface area contributed by atoms with Gasteiger partial charge in [0.15, 0.2) is 0 Å². The van der Waals surface area contributed by atoms with E-state index < -0.39 is 0 Å². The van der Waals surface area contributed by atoms with Crippen LogP contribution in [0.25, 0.3) is 11.1 Å². The number of aliphatic imine (C=N–C) groups is 1. The molecule has 2 heterocycles. The van der Waals surface area contributed by atoms with Crippen LogP contribution in [0.3, 0.4) is 0 Å². The van der Waals surface area contributed by atoms with Crippen molar-refractivity contribution in [3.8, 4) is 11.1 Å². The van der Waals surface area contributed by atoms with Crippen molar-refractivity contribution in [2.75, 3.05) is 0 Å². The number of nitrogens with two attached hydrogens (primary N) is 1. The SMILES string of the molecule is C[C@H]1OC(N)=N[C@@]12Cc1cccc(-c3ccncc3F)c1C2. The smallest absolute Gasteiger partial charge is 0.282 e. The van der Waals surface area contributed by atoms with Crippen molar-refractivity contribution in [2.24, 2.45) is 10.7 Å². The average molecular weight is 297 g/mol. The minimum atomic E-state index is -0.355. The number of rotatable bonds is 1. The summed E-state index contributed by atoms with van der Waals surface area (Å²) < 4.78 is 19.7. The Balaban J connectivity index is 1.83. The van der Waals surface area contributed by atoms with E-state index in [4.69, 9.17) is 10.5 Å². The van der Waals surface area contributed by atoms with Gasteiger partial charge in [-0.15, -0.1) is 0 Å². The summed E-state index contributed by atoms with van der Waals surface area (Å²) in [5.41, 5.74) is 9.18. The Morgan fingerprint density at radius 2 is 2.14 bits per heavy atom. The van der Waals surface area contributed by atoms with Gasteiger partial charge >= 0.3 is 0 Å². The molecule has 0 saturated carbocycles. The van der Waals surface area contributed by atoms with E-state index in [1.807, 2.05) is 19.1 Å². The van der Waals surface area contributed by atoms with Gasteiger partial charge < -0.3 is 10.5 Å². The first-order valence-corrected chi connectivity index (χ1v) is 7.32. The first kappa shape index (κ1) is 13.2. The van der Waals surface area contributed by atoms with E-state index in [1.165, 1.54) is 11.8 Å². The fourth-order valence-electron chi connectivity index (χ4n) is 3.55. The van der Waals surface area contributed by atoms with Crippen LogP contribution in [0.15, 0.2) is 41.7 Å². The molecule has 1 spiro atoms. The molecule has 22 heavy (non-hydrogen) atoms. The molecule has 2 aromatic rings. The summed E-state index contributed by atoms with van der Waals surface area (Å²) in [6.07, 6.45) is 4.26. The van der Waals surface area contributed by atoms with Gasteiger partial charge in [0, 0.05) is 24.6 Å². The van der Waals surface area contributed by atoms with Gasteiger partial charge in [0.05, 0.1) is 6.20 Å². The molecule has 4 rings (SSSR count). The summed E-state index contributed by atoms with van der Waals surface area (Å²) in [6.45, 7) is 1.99. The molecular weight excluding hydrogens is 281 g/mol. The highest BCUT2D eigenvalue weighted by atomic mass is 19.1. The third kappa shape index (κ3) is 1.81. The van der Waals surface area contributed by atoms with Gasteiger partial charge in [-0.05, 0) is 29.7 Å². The lowest BCUT2D eigenvalue weighted by atomic mass is 9.90. The third-order valence-corrected chi connectivity index (χ3v) is 4.70. The number of ether oxygens (including phenoxy) is 1. The largest absolute Gasteiger partial charge is 0.460 e. The van der Waals surface area contributed by atoms with Crippen molar-refractivity contribution in [3.63, 3.8) is 0 Å². The number of halogens is 1. The van der Waals surface area contributed by atoms with Gasteiger partial charge in [0.25, 0.3) is 6.02 Å². The minimum Gasteiger partial charge on any atom is -0.460 e. The van der Waals surface area contributed by atoms with Crippen LogP contribution in [0, 0.1) is 5.82 Å². The minimum absolute atomic E-state index is 0.0740. The summed E-state index contributed by atoms with van der Waals surface area (Å²) in [5.74, 6) is -0.310. The number of benzene rings is 1. The third-order valence-electron chi connectivity index (χ3n) is 4.70. The maximum absolute atomic E-state index is 14.1. The number of nitrogens with zero attached hydrogens (tertiary/aromatic N) is 2. The molecule has 1 aliphatic heterocycles. The average Bonchev–Trinajstić information content (AvgIpc) is 2.99.